The van der Waals surface area contributed by atoms with Gasteiger partial charge in [0.15, 0.2) is 6.10 Å². The second kappa shape index (κ2) is 60.2. The number of allylic oxidation sites excluding steroid dienone is 6. The van der Waals surface area contributed by atoms with Crippen LogP contribution in [0.4, 0.5) is 0 Å². The van der Waals surface area contributed by atoms with E-state index in [4.69, 9.17) is 14.2 Å². The van der Waals surface area contributed by atoms with Gasteiger partial charge in [0.25, 0.3) is 0 Å². The fourth-order valence-corrected chi connectivity index (χ4v) is 9.40. The molecule has 6 nitrogen and oxygen atoms in total. The van der Waals surface area contributed by atoms with E-state index in [-0.39, 0.29) is 37.5 Å². The van der Waals surface area contributed by atoms with Gasteiger partial charge >= 0.3 is 17.9 Å². The Morgan fingerprint density at radius 1 is 0.282 bits per heavy atom. The molecule has 0 aromatic rings. The summed E-state index contributed by atoms with van der Waals surface area (Å²) in [6, 6.07) is 0. The van der Waals surface area contributed by atoms with Gasteiger partial charge in [-0.25, -0.2) is 0 Å². The number of ether oxygens (including phenoxy) is 3. The van der Waals surface area contributed by atoms with Crippen molar-refractivity contribution in [3.63, 3.8) is 0 Å². The minimum absolute atomic E-state index is 0.0867. The Hall–Kier alpha value is -2.37. The fourth-order valence-electron chi connectivity index (χ4n) is 9.40. The van der Waals surface area contributed by atoms with Gasteiger partial charge in [-0.15, -0.1) is 0 Å². The third-order valence-corrected chi connectivity index (χ3v) is 14.1. The van der Waals surface area contributed by atoms with E-state index in [2.05, 4.69) is 57.2 Å². The summed E-state index contributed by atoms with van der Waals surface area (Å²) in [5.41, 5.74) is 0. The van der Waals surface area contributed by atoms with E-state index in [0.29, 0.717) is 19.3 Å². The van der Waals surface area contributed by atoms with Crippen LogP contribution in [0.15, 0.2) is 36.5 Å². The van der Waals surface area contributed by atoms with E-state index in [0.717, 1.165) is 57.8 Å². The zero-order chi connectivity index (χ0) is 51.4. The maximum atomic E-state index is 12.9. The maximum Gasteiger partial charge on any atom is 0.306 e. The highest BCUT2D eigenvalue weighted by Gasteiger charge is 2.19. The van der Waals surface area contributed by atoms with E-state index < -0.39 is 6.10 Å². The van der Waals surface area contributed by atoms with E-state index in [1.54, 1.807) is 0 Å². The molecule has 0 aromatic carbocycles. The second-order valence-electron chi connectivity index (χ2n) is 21.3. The van der Waals surface area contributed by atoms with Crippen LogP contribution >= 0.6 is 0 Å². The van der Waals surface area contributed by atoms with Crippen molar-refractivity contribution in [1.82, 2.24) is 0 Å². The number of carbonyl (C=O) groups excluding carboxylic acids is 3. The van der Waals surface area contributed by atoms with Crippen LogP contribution in [-0.4, -0.2) is 37.2 Å². The number of unbranched alkanes of at least 4 members (excludes halogenated alkanes) is 41. The Morgan fingerprint density at radius 2 is 0.521 bits per heavy atom. The summed E-state index contributed by atoms with van der Waals surface area (Å²) in [6.45, 7) is 6.66. The highest BCUT2D eigenvalue weighted by atomic mass is 16.6. The molecule has 0 N–H and O–H groups in total. The number of rotatable bonds is 58. The lowest BCUT2D eigenvalue weighted by Gasteiger charge is -2.18. The van der Waals surface area contributed by atoms with Crippen LogP contribution in [0.2, 0.25) is 0 Å². The largest absolute Gasteiger partial charge is 0.462 e. The quantitative estimate of drug-likeness (QED) is 0.0261. The monoisotopic (exact) mass is 997 g/mol. The first-order valence-electron chi connectivity index (χ1n) is 31.5. The normalized spacial score (nSPS) is 12.2. The third kappa shape index (κ3) is 58.4. The average molecular weight is 998 g/mol. The number of hydrogen-bond acceptors (Lipinski definition) is 6. The van der Waals surface area contributed by atoms with E-state index in [9.17, 15) is 14.4 Å². The zero-order valence-corrected chi connectivity index (χ0v) is 47.8. The van der Waals surface area contributed by atoms with Crippen molar-refractivity contribution in [2.45, 2.75) is 348 Å². The van der Waals surface area contributed by atoms with Crippen LogP contribution in [0.5, 0.6) is 0 Å². The van der Waals surface area contributed by atoms with Gasteiger partial charge in [-0.3, -0.25) is 14.4 Å². The molecule has 71 heavy (non-hydrogen) atoms. The molecule has 0 heterocycles. The topological polar surface area (TPSA) is 78.9 Å². The SMILES string of the molecule is CCCCCCCC/C=C\C/C=C\C/C=C\CCCC(=O)O[C@@H](COC(=O)CCCCCCCCCCCCCCCCCCC)COC(=O)CCCCCCCCCCCCCCCCCCCCC. The van der Waals surface area contributed by atoms with E-state index in [1.807, 2.05) is 0 Å². The Labute approximate surface area is 442 Å². The van der Waals surface area contributed by atoms with Gasteiger partial charge in [0.2, 0.25) is 0 Å². The minimum Gasteiger partial charge on any atom is -0.462 e. The van der Waals surface area contributed by atoms with Crippen molar-refractivity contribution in [2.75, 3.05) is 13.2 Å². The summed E-state index contributed by atoms with van der Waals surface area (Å²) in [5, 5.41) is 0. The van der Waals surface area contributed by atoms with Crippen LogP contribution < -0.4 is 0 Å². The number of esters is 3. The molecule has 0 rings (SSSR count). The molecule has 0 aliphatic heterocycles. The first kappa shape index (κ1) is 68.6. The minimum atomic E-state index is -0.795. The highest BCUT2D eigenvalue weighted by Crippen LogP contribution is 2.17. The lowest BCUT2D eigenvalue weighted by atomic mass is 10.0. The van der Waals surface area contributed by atoms with Crippen molar-refractivity contribution in [2.24, 2.45) is 0 Å². The van der Waals surface area contributed by atoms with Crippen molar-refractivity contribution in [3.05, 3.63) is 36.5 Å². The molecule has 0 unspecified atom stereocenters. The van der Waals surface area contributed by atoms with Gasteiger partial charge < -0.3 is 14.2 Å². The summed E-state index contributed by atoms with van der Waals surface area (Å²) in [6.07, 6.45) is 73.0. The first-order valence-corrected chi connectivity index (χ1v) is 31.5. The molecule has 0 radical (unpaired) electrons. The van der Waals surface area contributed by atoms with Gasteiger partial charge in [0, 0.05) is 19.3 Å². The molecule has 1 atom stereocenters. The summed E-state index contributed by atoms with van der Waals surface area (Å²) in [5.74, 6) is -0.915. The molecule has 0 amide bonds. The molecule has 0 fully saturated rings. The Balaban J connectivity index is 4.38. The maximum absolute atomic E-state index is 12.9. The molecule has 0 spiro atoms. The van der Waals surface area contributed by atoms with Crippen molar-refractivity contribution in [1.29, 1.82) is 0 Å². The van der Waals surface area contributed by atoms with Gasteiger partial charge in [-0.05, 0) is 51.4 Å². The number of carbonyl (C=O) groups is 3. The summed E-state index contributed by atoms with van der Waals surface area (Å²) in [4.78, 5) is 38.3. The fraction of sp³-hybridized carbons (Fsp3) is 0.862. The number of hydrogen-bond donors (Lipinski definition) is 0. The molecular formula is C65H120O6. The van der Waals surface area contributed by atoms with Crippen molar-refractivity contribution in [3.8, 4) is 0 Å². The van der Waals surface area contributed by atoms with E-state index in [1.165, 1.54) is 238 Å². The van der Waals surface area contributed by atoms with Crippen molar-refractivity contribution < 1.29 is 28.6 Å². The molecule has 0 aliphatic rings. The molecule has 416 valence electrons. The van der Waals surface area contributed by atoms with Gasteiger partial charge in [-0.1, -0.05) is 308 Å². The van der Waals surface area contributed by atoms with Crippen LogP contribution in [0.3, 0.4) is 0 Å². The average Bonchev–Trinajstić information content (AvgIpc) is 3.37. The molecule has 0 aromatic heterocycles. The molecule has 6 heteroatoms. The lowest BCUT2D eigenvalue weighted by Crippen LogP contribution is -2.30. The second-order valence-corrected chi connectivity index (χ2v) is 21.3. The third-order valence-electron chi connectivity index (χ3n) is 14.1. The van der Waals surface area contributed by atoms with Crippen LogP contribution in [0.1, 0.15) is 342 Å². The summed E-state index contributed by atoms with van der Waals surface area (Å²) >= 11 is 0. The lowest BCUT2D eigenvalue weighted by molar-refractivity contribution is -0.167. The zero-order valence-electron chi connectivity index (χ0n) is 47.8. The van der Waals surface area contributed by atoms with E-state index >= 15 is 0 Å². The van der Waals surface area contributed by atoms with Crippen LogP contribution in [0, 0.1) is 0 Å². The Morgan fingerprint density at radius 3 is 0.831 bits per heavy atom. The molecule has 0 aliphatic carbocycles. The van der Waals surface area contributed by atoms with Gasteiger partial charge in [0.1, 0.15) is 13.2 Å². The molecular weight excluding hydrogens is 877 g/mol. The Kier molecular flexibility index (Phi) is 58.2. The Bertz CT molecular complexity index is 1190. The van der Waals surface area contributed by atoms with Crippen LogP contribution in [0.25, 0.3) is 0 Å². The van der Waals surface area contributed by atoms with Gasteiger partial charge in [0.05, 0.1) is 0 Å². The smallest absolute Gasteiger partial charge is 0.306 e. The highest BCUT2D eigenvalue weighted by molar-refractivity contribution is 5.71. The molecule has 0 bridgehead atoms. The van der Waals surface area contributed by atoms with Gasteiger partial charge in [-0.2, -0.15) is 0 Å². The molecule has 0 saturated carbocycles. The summed E-state index contributed by atoms with van der Waals surface area (Å²) < 4.78 is 16.9. The predicted octanol–water partition coefficient (Wildman–Crippen LogP) is 21.2. The standard InChI is InChI=1S/C65H120O6/c1-4-7-10-13-16-19-22-25-28-31-32-35-37-40-43-46-49-52-55-58-64(67)70-61-62(71-65(68)59-56-53-50-47-44-41-38-34-30-27-24-21-18-15-12-9-6-3)60-69-63(66)57-54-51-48-45-42-39-36-33-29-26-23-20-17-14-11-8-5-2/h27,30,38,41,47,50,62H,4-26,28-29,31-37,39-40,42-46,48-49,51-61H2,1-3H3/b30-27-,41-38-,50-47-/t62-/m0/s1. The van der Waals surface area contributed by atoms with Crippen molar-refractivity contribution >= 4 is 17.9 Å². The summed E-state index contributed by atoms with van der Waals surface area (Å²) in [7, 11) is 0. The first-order chi connectivity index (χ1) is 35.0. The molecule has 0 saturated heterocycles. The predicted molar refractivity (Wildman–Crippen MR) is 307 cm³/mol. The van der Waals surface area contributed by atoms with Crippen LogP contribution in [-0.2, 0) is 28.6 Å².